The zero-order valence-electron chi connectivity index (χ0n) is 18.5. The van der Waals surface area contributed by atoms with E-state index in [-0.39, 0.29) is 28.8 Å². The number of benzene rings is 2. The number of hydrogen-bond donors (Lipinski definition) is 1. The molecule has 170 valence electrons. The molecule has 1 aliphatic rings. The third-order valence-corrected chi connectivity index (χ3v) is 6.08. The summed E-state index contributed by atoms with van der Waals surface area (Å²) in [4.78, 5) is 23.0. The fourth-order valence-electron chi connectivity index (χ4n) is 3.71. The molecule has 1 heterocycles. The Morgan fingerprint density at radius 1 is 1.18 bits per heavy atom. The summed E-state index contributed by atoms with van der Waals surface area (Å²) < 4.78 is 5.66. The van der Waals surface area contributed by atoms with E-state index in [2.05, 4.69) is 55.6 Å². The molecule has 0 spiro atoms. The van der Waals surface area contributed by atoms with Crippen LogP contribution in [-0.2, 0) is 10.2 Å². The van der Waals surface area contributed by atoms with Crippen LogP contribution in [0, 0.1) is 16.0 Å². The van der Waals surface area contributed by atoms with E-state index < -0.39 is 4.92 Å². The Labute approximate surface area is 196 Å². The molecule has 0 unspecified atom stereocenters. The van der Waals surface area contributed by atoms with Crippen LogP contribution in [0.15, 0.2) is 64.1 Å². The van der Waals surface area contributed by atoms with E-state index in [1.807, 2.05) is 0 Å². The Hall–Kier alpha value is -3.45. The van der Waals surface area contributed by atoms with Crippen molar-refractivity contribution in [1.82, 2.24) is 5.43 Å². The number of halogens is 1. The molecule has 0 aliphatic heterocycles. The van der Waals surface area contributed by atoms with Gasteiger partial charge in [0.1, 0.15) is 11.5 Å². The molecule has 2 aromatic carbocycles. The van der Waals surface area contributed by atoms with E-state index >= 15 is 0 Å². The minimum Gasteiger partial charge on any atom is -0.455 e. The van der Waals surface area contributed by atoms with Gasteiger partial charge in [0.2, 0.25) is 5.91 Å². The predicted molar refractivity (Wildman–Crippen MR) is 128 cm³/mol. The number of non-ortho nitro benzene ring substituents is 1. The van der Waals surface area contributed by atoms with Crippen molar-refractivity contribution < 1.29 is 14.1 Å². The van der Waals surface area contributed by atoms with Crippen LogP contribution in [0.5, 0.6) is 0 Å². The van der Waals surface area contributed by atoms with E-state index in [9.17, 15) is 14.9 Å². The second-order valence-corrected chi connectivity index (χ2v) is 9.59. The first kappa shape index (κ1) is 22.7. The van der Waals surface area contributed by atoms with Gasteiger partial charge in [0.05, 0.1) is 16.2 Å². The van der Waals surface area contributed by atoms with Gasteiger partial charge in [-0.1, -0.05) is 56.6 Å². The molecular formula is C25H24ClN3O4. The van der Waals surface area contributed by atoms with Crippen LogP contribution >= 0.6 is 11.6 Å². The molecule has 0 radical (unpaired) electrons. The summed E-state index contributed by atoms with van der Waals surface area (Å²) in [5, 5.41) is 15.3. The molecule has 4 rings (SSSR count). The smallest absolute Gasteiger partial charge is 0.270 e. The van der Waals surface area contributed by atoms with Gasteiger partial charge in [0.15, 0.2) is 0 Å². The van der Waals surface area contributed by atoms with Crippen LogP contribution in [0.4, 0.5) is 5.69 Å². The normalized spacial score (nSPS) is 17.8. The average Bonchev–Trinajstić information content (AvgIpc) is 3.44. The molecule has 2 atom stereocenters. The van der Waals surface area contributed by atoms with Crippen molar-refractivity contribution in [3.8, 4) is 11.3 Å². The van der Waals surface area contributed by atoms with E-state index in [0.29, 0.717) is 22.1 Å². The summed E-state index contributed by atoms with van der Waals surface area (Å²) in [6, 6.07) is 15.9. The van der Waals surface area contributed by atoms with Gasteiger partial charge in [-0.25, -0.2) is 5.43 Å². The number of amides is 1. The highest BCUT2D eigenvalue weighted by Crippen LogP contribution is 2.47. The molecule has 1 saturated carbocycles. The Balaban J connectivity index is 1.35. The van der Waals surface area contributed by atoms with Crippen molar-refractivity contribution in [3.63, 3.8) is 0 Å². The quantitative estimate of drug-likeness (QED) is 0.272. The largest absolute Gasteiger partial charge is 0.455 e. The average molecular weight is 466 g/mol. The van der Waals surface area contributed by atoms with E-state index in [1.54, 1.807) is 12.1 Å². The van der Waals surface area contributed by atoms with Crippen LogP contribution in [0.2, 0.25) is 5.02 Å². The SMILES string of the molecule is CC(C)(C)c1ccc([C@H]2C[C@H]2C(=O)N/N=C/c2ccc(-c3cc([N+](=O)[O-])ccc3Cl)o2)cc1. The van der Waals surface area contributed by atoms with Gasteiger partial charge in [-0.05, 0) is 47.1 Å². The number of furan rings is 1. The lowest BCUT2D eigenvalue weighted by atomic mass is 9.86. The number of hydrazone groups is 1. The van der Waals surface area contributed by atoms with Crippen LogP contribution in [-0.4, -0.2) is 17.0 Å². The highest BCUT2D eigenvalue weighted by Gasteiger charge is 2.44. The third kappa shape index (κ3) is 5.14. The number of rotatable bonds is 6. The zero-order valence-corrected chi connectivity index (χ0v) is 19.3. The highest BCUT2D eigenvalue weighted by molar-refractivity contribution is 6.33. The van der Waals surface area contributed by atoms with Gasteiger partial charge >= 0.3 is 0 Å². The van der Waals surface area contributed by atoms with E-state index in [0.717, 1.165) is 12.0 Å². The number of hydrogen-bond acceptors (Lipinski definition) is 5. The van der Waals surface area contributed by atoms with Crippen molar-refractivity contribution in [3.05, 3.63) is 86.6 Å². The molecule has 3 aromatic rings. The molecule has 1 amide bonds. The van der Waals surface area contributed by atoms with Crippen molar-refractivity contribution >= 4 is 29.4 Å². The molecule has 1 aliphatic carbocycles. The first-order valence-corrected chi connectivity index (χ1v) is 11.0. The summed E-state index contributed by atoms with van der Waals surface area (Å²) in [7, 11) is 0. The fourth-order valence-corrected chi connectivity index (χ4v) is 3.92. The standard InChI is InChI=1S/C25H24ClN3O4/c1-25(2,3)16-6-4-15(5-7-16)19-13-20(19)24(30)28-27-14-18-9-11-23(33-18)21-12-17(29(31)32)8-10-22(21)26/h4-12,14,19-20H,13H2,1-3H3,(H,28,30)/b27-14+/t19-,20-/m1/s1. The van der Waals surface area contributed by atoms with Gasteiger partial charge in [0.25, 0.3) is 5.69 Å². The second-order valence-electron chi connectivity index (χ2n) is 9.18. The van der Waals surface area contributed by atoms with Gasteiger partial charge in [0, 0.05) is 23.6 Å². The molecule has 33 heavy (non-hydrogen) atoms. The van der Waals surface area contributed by atoms with Crippen molar-refractivity contribution in [1.29, 1.82) is 0 Å². The summed E-state index contributed by atoms with van der Waals surface area (Å²) in [6.07, 6.45) is 2.19. The van der Waals surface area contributed by atoms with Crippen molar-refractivity contribution in [2.45, 2.75) is 38.5 Å². The van der Waals surface area contributed by atoms with Crippen molar-refractivity contribution in [2.75, 3.05) is 0 Å². The molecule has 1 aromatic heterocycles. The maximum absolute atomic E-state index is 12.4. The molecule has 1 N–H and O–H groups in total. The predicted octanol–water partition coefficient (Wildman–Crippen LogP) is 6.06. The maximum atomic E-state index is 12.4. The number of nitro groups is 1. The van der Waals surface area contributed by atoms with E-state index in [1.165, 1.54) is 30.0 Å². The van der Waals surface area contributed by atoms with Crippen LogP contribution < -0.4 is 5.43 Å². The molecule has 1 fully saturated rings. The minimum absolute atomic E-state index is 0.0830. The fraction of sp³-hybridized carbons (Fsp3) is 0.280. The van der Waals surface area contributed by atoms with Crippen LogP contribution in [0.3, 0.4) is 0 Å². The molecule has 8 heteroatoms. The van der Waals surface area contributed by atoms with Crippen molar-refractivity contribution in [2.24, 2.45) is 11.0 Å². The molecule has 7 nitrogen and oxygen atoms in total. The second kappa shape index (κ2) is 8.83. The number of nitrogens with zero attached hydrogens (tertiary/aromatic N) is 2. The monoisotopic (exact) mass is 465 g/mol. The van der Waals surface area contributed by atoms with Gasteiger partial charge in [-0.2, -0.15) is 5.10 Å². The summed E-state index contributed by atoms with van der Waals surface area (Å²) in [5.41, 5.74) is 5.42. The van der Waals surface area contributed by atoms with Gasteiger partial charge in [-0.3, -0.25) is 14.9 Å². The Kier molecular flexibility index (Phi) is 6.08. The number of carbonyl (C=O) groups excluding carboxylic acids is 1. The third-order valence-electron chi connectivity index (χ3n) is 5.75. The number of nitro benzene ring substituents is 1. The van der Waals surface area contributed by atoms with E-state index in [4.69, 9.17) is 16.0 Å². The van der Waals surface area contributed by atoms with Gasteiger partial charge < -0.3 is 4.42 Å². The lowest BCUT2D eigenvalue weighted by Gasteiger charge is -2.19. The Bertz CT molecular complexity index is 1230. The minimum atomic E-state index is -0.495. The van der Waals surface area contributed by atoms with Gasteiger partial charge in [-0.15, -0.1) is 0 Å². The van der Waals surface area contributed by atoms with Crippen LogP contribution in [0.25, 0.3) is 11.3 Å². The maximum Gasteiger partial charge on any atom is 0.270 e. The zero-order chi connectivity index (χ0) is 23.8. The summed E-state index contributed by atoms with van der Waals surface area (Å²) in [6.45, 7) is 6.52. The first-order chi connectivity index (χ1) is 15.6. The Morgan fingerprint density at radius 2 is 1.91 bits per heavy atom. The first-order valence-electron chi connectivity index (χ1n) is 10.6. The number of carbonyl (C=O) groups is 1. The molecule has 0 saturated heterocycles. The highest BCUT2D eigenvalue weighted by atomic mass is 35.5. The topological polar surface area (TPSA) is 97.7 Å². The summed E-state index contributed by atoms with van der Waals surface area (Å²) in [5.74, 6) is 0.735. The molecular weight excluding hydrogens is 442 g/mol. The Morgan fingerprint density at radius 3 is 2.58 bits per heavy atom. The van der Waals surface area contributed by atoms with Crippen LogP contribution in [0.1, 0.15) is 50.0 Å². The number of nitrogens with one attached hydrogen (secondary N) is 1. The lowest BCUT2D eigenvalue weighted by molar-refractivity contribution is -0.384. The summed E-state index contributed by atoms with van der Waals surface area (Å²) >= 11 is 6.15. The molecule has 0 bridgehead atoms. The lowest BCUT2D eigenvalue weighted by Crippen LogP contribution is -2.20.